The second kappa shape index (κ2) is 5.15. The molecular formula is C13H23N3O2S. The van der Waals surface area contributed by atoms with Crippen molar-refractivity contribution < 1.29 is 9.53 Å². The van der Waals surface area contributed by atoms with Crippen LogP contribution in [0.1, 0.15) is 33.6 Å². The van der Waals surface area contributed by atoms with Gasteiger partial charge in [-0.3, -0.25) is 0 Å². The zero-order valence-electron chi connectivity index (χ0n) is 11.9. The second-order valence-electron chi connectivity index (χ2n) is 6.39. The molecule has 0 bridgehead atoms. The number of ether oxygens (including phenoxy) is 1. The van der Waals surface area contributed by atoms with E-state index in [1.54, 1.807) is 4.90 Å². The summed E-state index contributed by atoms with van der Waals surface area (Å²) in [6.45, 7) is 7.97. The highest BCUT2D eigenvalue weighted by atomic mass is 32.1. The fraction of sp³-hybridized carbons (Fsp3) is 0.846. The molecule has 2 saturated heterocycles. The molecule has 2 N–H and O–H groups in total. The minimum Gasteiger partial charge on any atom is -0.444 e. The lowest BCUT2D eigenvalue weighted by Gasteiger charge is -2.37. The van der Waals surface area contributed by atoms with Crippen LogP contribution in [0.25, 0.3) is 0 Å². The summed E-state index contributed by atoms with van der Waals surface area (Å²) in [4.78, 5) is 16.0. The number of hydrogen-bond donors (Lipinski definition) is 1. The summed E-state index contributed by atoms with van der Waals surface area (Å²) >= 11 is 5.10. The molecule has 2 atom stereocenters. The lowest BCUT2D eigenvalue weighted by Crippen LogP contribution is -2.50. The van der Waals surface area contributed by atoms with Crippen LogP contribution < -0.4 is 5.73 Å². The molecule has 0 aromatic carbocycles. The minimum absolute atomic E-state index is 0.232. The first-order chi connectivity index (χ1) is 8.78. The van der Waals surface area contributed by atoms with Crippen LogP contribution in [0.3, 0.4) is 0 Å². The van der Waals surface area contributed by atoms with Gasteiger partial charge in [0.1, 0.15) is 5.60 Å². The number of likely N-dealkylation sites (tertiary alicyclic amines) is 2. The zero-order chi connectivity index (χ0) is 14.2. The molecule has 6 heteroatoms. The molecule has 1 amide bonds. The van der Waals surface area contributed by atoms with E-state index in [2.05, 4.69) is 4.90 Å². The first-order valence-corrected chi connectivity index (χ1v) is 7.23. The van der Waals surface area contributed by atoms with Crippen molar-refractivity contribution >= 4 is 23.4 Å². The van der Waals surface area contributed by atoms with Gasteiger partial charge >= 0.3 is 6.09 Å². The Morgan fingerprint density at radius 2 is 2.05 bits per heavy atom. The first kappa shape index (κ1) is 14.4. The highest BCUT2D eigenvalue weighted by Gasteiger charge is 2.42. The number of rotatable bonds is 0. The van der Waals surface area contributed by atoms with E-state index in [1.165, 1.54) is 0 Å². The van der Waals surface area contributed by atoms with Crippen LogP contribution in [0.4, 0.5) is 4.79 Å². The topological polar surface area (TPSA) is 58.8 Å². The predicted molar refractivity (Wildman–Crippen MR) is 77.8 cm³/mol. The second-order valence-corrected chi connectivity index (χ2v) is 6.80. The van der Waals surface area contributed by atoms with Gasteiger partial charge in [0.15, 0.2) is 5.11 Å². The molecule has 2 aliphatic heterocycles. The Hall–Kier alpha value is -1.04. The van der Waals surface area contributed by atoms with Crippen molar-refractivity contribution in [2.75, 3.05) is 19.6 Å². The van der Waals surface area contributed by atoms with Crippen LogP contribution in [0.2, 0.25) is 0 Å². The Kier molecular flexibility index (Phi) is 3.90. The number of carbonyl (C=O) groups is 1. The maximum atomic E-state index is 12.1. The maximum Gasteiger partial charge on any atom is 0.410 e. The first-order valence-electron chi connectivity index (χ1n) is 6.82. The summed E-state index contributed by atoms with van der Waals surface area (Å²) < 4.78 is 5.43. The Balaban J connectivity index is 2.01. The lowest BCUT2D eigenvalue weighted by molar-refractivity contribution is 0.0284. The van der Waals surface area contributed by atoms with Gasteiger partial charge in [-0.1, -0.05) is 0 Å². The molecule has 108 valence electrons. The molecule has 0 spiro atoms. The number of hydrogen-bond acceptors (Lipinski definition) is 3. The van der Waals surface area contributed by atoms with Gasteiger partial charge in [0, 0.05) is 19.6 Å². The third kappa shape index (κ3) is 3.29. The molecule has 2 rings (SSSR count). The van der Waals surface area contributed by atoms with Crippen LogP contribution in [0.15, 0.2) is 0 Å². The summed E-state index contributed by atoms with van der Waals surface area (Å²) in [5.74, 6) is 0.461. The smallest absolute Gasteiger partial charge is 0.410 e. The summed E-state index contributed by atoms with van der Waals surface area (Å²) in [5, 5.41) is 0.445. The van der Waals surface area contributed by atoms with Gasteiger partial charge in [0.2, 0.25) is 0 Å². The number of carbonyl (C=O) groups excluding carboxylic acids is 1. The molecule has 2 fully saturated rings. The van der Waals surface area contributed by atoms with Crippen LogP contribution >= 0.6 is 12.2 Å². The maximum absolute atomic E-state index is 12.1. The van der Waals surface area contributed by atoms with E-state index in [9.17, 15) is 4.79 Å². The molecule has 0 saturated carbocycles. The van der Waals surface area contributed by atoms with E-state index in [1.807, 2.05) is 20.8 Å². The summed E-state index contributed by atoms with van der Waals surface area (Å²) in [6, 6.07) is 0.263. The number of piperidine rings is 1. The minimum atomic E-state index is -0.451. The van der Waals surface area contributed by atoms with E-state index in [0.717, 1.165) is 25.9 Å². The zero-order valence-corrected chi connectivity index (χ0v) is 12.7. The van der Waals surface area contributed by atoms with E-state index in [-0.39, 0.29) is 12.1 Å². The van der Waals surface area contributed by atoms with E-state index in [4.69, 9.17) is 22.7 Å². The summed E-state index contributed by atoms with van der Waals surface area (Å²) in [7, 11) is 0. The number of amides is 1. The number of thiocarbonyl (C=S) groups is 1. The molecule has 5 nitrogen and oxygen atoms in total. The van der Waals surface area contributed by atoms with Crippen LogP contribution in [0.5, 0.6) is 0 Å². The van der Waals surface area contributed by atoms with Gasteiger partial charge < -0.3 is 20.3 Å². The third-order valence-corrected chi connectivity index (χ3v) is 3.95. The van der Waals surface area contributed by atoms with Gasteiger partial charge in [0.05, 0.1) is 6.04 Å². The number of nitrogens with two attached hydrogens (primary N) is 1. The van der Waals surface area contributed by atoms with Crippen molar-refractivity contribution in [3.05, 3.63) is 0 Å². The Morgan fingerprint density at radius 3 is 2.63 bits per heavy atom. The summed E-state index contributed by atoms with van der Waals surface area (Å²) in [5.41, 5.74) is 5.32. The van der Waals surface area contributed by atoms with Crippen molar-refractivity contribution in [2.45, 2.75) is 45.3 Å². The Bertz CT molecular complexity index is 381. The fourth-order valence-electron chi connectivity index (χ4n) is 2.93. The molecule has 0 aliphatic carbocycles. The fourth-order valence-corrected chi connectivity index (χ4v) is 3.16. The van der Waals surface area contributed by atoms with Crippen molar-refractivity contribution in [1.29, 1.82) is 0 Å². The van der Waals surface area contributed by atoms with E-state index >= 15 is 0 Å². The van der Waals surface area contributed by atoms with E-state index < -0.39 is 5.60 Å². The SMILES string of the molecule is CC(C)(C)OC(=O)N1C[C@@H]2CCCN(C(N)=S)[C@H]2C1. The van der Waals surface area contributed by atoms with Crippen LogP contribution in [-0.2, 0) is 4.74 Å². The number of nitrogens with zero attached hydrogens (tertiary/aromatic N) is 2. The summed E-state index contributed by atoms with van der Waals surface area (Å²) in [6.07, 6.45) is 1.98. The number of fused-ring (bicyclic) bond motifs is 1. The average Bonchev–Trinajstić information content (AvgIpc) is 2.69. The van der Waals surface area contributed by atoms with Crippen molar-refractivity contribution in [2.24, 2.45) is 11.7 Å². The lowest BCUT2D eigenvalue weighted by atomic mass is 9.92. The molecule has 2 heterocycles. The van der Waals surface area contributed by atoms with Gasteiger partial charge in [-0.25, -0.2) is 4.79 Å². The quantitative estimate of drug-likeness (QED) is 0.685. The Morgan fingerprint density at radius 1 is 1.37 bits per heavy atom. The van der Waals surface area contributed by atoms with Gasteiger partial charge in [-0.15, -0.1) is 0 Å². The normalized spacial score (nSPS) is 27.1. The molecule has 0 unspecified atom stereocenters. The van der Waals surface area contributed by atoms with E-state index in [0.29, 0.717) is 17.6 Å². The van der Waals surface area contributed by atoms with Crippen LogP contribution in [0, 0.1) is 5.92 Å². The molecule has 0 aromatic heterocycles. The third-order valence-electron chi connectivity index (χ3n) is 3.72. The van der Waals surface area contributed by atoms with Crippen LogP contribution in [-0.4, -0.2) is 52.3 Å². The predicted octanol–water partition coefficient (Wildman–Crippen LogP) is 1.56. The monoisotopic (exact) mass is 285 g/mol. The Labute approximate surface area is 120 Å². The highest BCUT2D eigenvalue weighted by molar-refractivity contribution is 7.80. The largest absolute Gasteiger partial charge is 0.444 e. The van der Waals surface area contributed by atoms with Gasteiger partial charge in [0.25, 0.3) is 0 Å². The van der Waals surface area contributed by atoms with Gasteiger partial charge in [-0.05, 0) is 51.7 Å². The standard InChI is InChI=1S/C13H23N3O2S/c1-13(2,3)18-12(17)15-7-9-5-4-6-16(11(14)19)10(9)8-15/h9-10H,4-8H2,1-3H3,(H2,14,19)/t9-,10-/m0/s1. The van der Waals surface area contributed by atoms with Gasteiger partial charge in [-0.2, -0.15) is 0 Å². The molecule has 19 heavy (non-hydrogen) atoms. The molecule has 0 aromatic rings. The van der Waals surface area contributed by atoms with Crippen molar-refractivity contribution in [3.8, 4) is 0 Å². The van der Waals surface area contributed by atoms with Crippen molar-refractivity contribution in [3.63, 3.8) is 0 Å². The van der Waals surface area contributed by atoms with Crippen molar-refractivity contribution in [1.82, 2.24) is 9.80 Å². The highest BCUT2D eigenvalue weighted by Crippen LogP contribution is 2.31. The average molecular weight is 285 g/mol. The molecule has 0 radical (unpaired) electrons. The molecule has 2 aliphatic rings. The molecular weight excluding hydrogens is 262 g/mol.